The Morgan fingerprint density at radius 2 is 1.82 bits per heavy atom. The predicted octanol–water partition coefficient (Wildman–Crippen LogP) is 3.85. The van der Waals surface area contributed by atoms with Crippen LogP contribution in [0.3, 0.4) is 0 Å². The van der Waals surface area contributed by atoms with E-state index in [0.29, 0.717) is 12.0 Å². The molecule has 17 heavy (non-hydrogen) atoms. The van der Waals surface area contributed by atoms with E-state index in [2.05, 4.69) is 33.0 Å². The van der Waals surface area contributed by atoms with Gasteiger partial charge in [0.05, 0.1) is 0 Å². The first-order valence-corrected chi connectivity index (χ1v) is 7.32. The Kier molecular flexibility index (Phi) is 11.0. The summed E-state index contributed by atoms with van der Waals surface area (Å²) in [5.74, 6) is 1.49. The lowest BCUT2D eigenvalue weighted by Crippen LogP contribution is -2.32. The van der Waals surface area contributed by atoms with E-state index in [1.54, 1.807) is 7.11 Å². The normalized spacial score (nSPS) is 15.2. The number of rotatable bonds is 11. The number of hydrogen-bond acceptors (Lipinski definition) is 2. The molecule has 0 radical (unpaired) electrons. The second-order valence-electron chi connectivity index (χ2n) is 5.77. The Hall–Kier alpha value is -0.0800. The van der Waals surface area contributed by atoms with E-state index in [1.165, 1.54) is 32.1 Å². The third kappa shape index (κ3) is 10.8. The molecule has 1 N–H and O–H groups in total. The van der Waals surface area contributed by atoms with Crippen molar-refractivity contribution in [1.82, 2.24) is 5.32 Å². The zero-order chi connectivity index (χ0) is 13.1. The van der Waals surface area contributed by atoms with Crippen molar-refractivity contribution in [3.05, 3.63) is 0 Å². The van der Waals surface area contributed by atoms with Crippen LogP contribution < -0.4 is 5.32 Å². The fraction of sp³-hybridized carbons (Fsp3) is 1.00. The monoisotopic (exact) mass is 243 g/mol. The van der Waals surface area contributed by atoms with E-state index in [-0.39, 0.29) is 0 Å². The molecule has 0 aliphatic heterocycles. The van der Waals surface area contributed by atoms with E-state index in [4.69, 9.17) is 4.74 Å². The van der Waals surface area contributed by atoms with Crippen molar-refractivity contribution in [2.75, 3.05) is 20.3 Å². The molecule has 2 unspecified atom stereocenters. The second-order valence-corrected chi connectivity index (χ2v) is 5.77. The van der Waals surface area contributed by atoms with Gasteiger partial charge in [-0.25, -0.2) is 0 Å². The van der Waals surface area contributed by atoms with Crippen LogP contribution in [0.15, 0.2) is 0 Å². The van der Waals surface area contributed by atoms with Crippen molar-refractivity contribution in [2.24, 2.45) is 11.8 Å². The SMILES string of the molecule is CCCNC(CCCC(C)C)CC(C)COC. The van der Waals surface area contributed by atoms with Crippen molar-refractivity contribution >= 4 is 0 Å². The summed E-state index contributed by atoms with van der Waals surface area (Å²) < 4.78 is 5.22. The maximum atomic E-state index is 5.22. The molecule has 0 amide bonds. The summed E-state index contributed by atoms with van der Waals surface area (Å²) in [7, 11) is 1.80. The summed E-state index contributed by atoms with van der Waals surface area (Å²) in [6.07, 6.45) is 6.47. The summed E-state index contributed by atoms with van der Waals surface area (Å²) >= 11 is 0. The zero-order valence-electron chi connectivity index (χ0n) is 12.6. The van der Waals surface area contributed by atoms with Gasteiger partial charge in [0.1, 0.15) is 0 Å². The molecule has 0 aromatic carbocycles. The van der Waals surface area contributed by atoms with Gasteiger partial charge < -0.3 is 10.1 Å². The molecule has 0 aliphatic carbocycles. The molecule has 0 fully saturated rings. The first kappa shape index (κ1) is 16.9. The molecule has 0 heterocycles. The lowest BCUT2D eigenvalue weighted by atomic mass is 9.96. The molecule has 2 heteroatoms. The van der Waals surface area contributed by atoms with E-state index >= 15 is 0 Å². The summed E-state index contributed by atoms with van der Waals surface area (Å²) in [6, 6.07) is 0.679. The van der Waals surface area contributed by atoms with Gasteiger partial charge >= 0.3 is 0 Å². The van der Waals surface area contributed by atoms with Crippen LogP contribution in [0.1, 0.15) is 59.8 Å². The topological polar surface area (TPSA) is 21.3 Å². The third-order valence-corrected chi connectivity index (χ3v) is 3.16. The average Bonchev–Trinajstić information content (AvgIpc) is 2.25. The molecule has 2 nitrogen and oxygen atoms in total. The van der Waals surface area contributed by atoms with Crippen molar-refractivity contribution in [1.29, 1.82) is 0 Å². The van der Waals surface area contributed by atoms with E-state index in [9.17, 15) is 0 Å². The smallest absolute Gasteiger partial charge is 0.0488 e. The van der Waals surface area contributed by atoms with Gasteiger partial charge in [-0.05, 0) is 37.6 Å². The fourth-order valence-electron chi connectivity index (χ4n) is 2.26. The van der Waals surface area contributed by atoms with Crippen LogP contribution in [-0.4, -0.2) is 26.3 Å². The molecule has 0 rings (SSSR count). The lowest BCUT2D eigenvalue weighted by Gasteiger charge is -2.22. The molecule has 104 valence electrons. The Morgan fingerprint density at radius 1 is 1.12 bits per heavy atom. The summed E-state index contributed by atoms with van der Waals surface area (Å²) in [6.45, 7) is 11.2. The molecular formula is C15H33NO. The van der Waals surface area contributed by atoms with Gasteiger partial charge in [0.2, 0.25) is 0 Å². The van der Waals surface area contributed by atoms with Crippen LogP contribution in [0, 0.1) is 11.8 Å². The molecule has 0 bridgehead atoms. The van der Waals surface area contributed by atoms with Crippen LogP contribution in [0.25, 0.3) is 0 Å². The van der Waals surface area contributed by atoms with E-state index in [0.717, 1.165) is 19.1 Å². The molecule has 0 spiro atoms. The minimum absolute atomic E-state index is 0.661. The Morgan fingerprint density at radius 3 is 2.35 bits per heavy atom. The molecule has 2 atom stereocenters. The Balaban J connectivity index is 3.86. The first-order valence-electron chi connectivity index (χ1n) is 7.32. The first-order chi connectivity index (χ1) is 8.10. The highest BCUT2D eigenvalue weighted by molar-refractivity contribution is 4.70. The van der Waals surface area contributed by atoms with Gasteiger partial charge in [-0.1, -0.05) is 40.5 Å². The van der Waals surface area contributed by atoms with Gasteiger partial charge in [0.15, 0.2) is 0 Å². The van der Waals surface area contributed by atoms with Gasteiger partial charge in [-0.2, -0.15) is 0 Å². The quantitative estimate of drug-likeness (QED) is 0.595. The van der Waals surface area contributed by atoms with Gasteiger partial charge in [0, 0.05) is 19.8 Å². The minimum Gasteiger partial charge on any atom is -0.384 e. The van der Waals surface area contributed by atoms with Crippen LogP contribution in [0.2, 0.25) is 0 Å². The molecule has 0 saturated carbocycles. The van der Waals surface area contributed by atoms with Crippen LogP contribution >= 0.6 is 0 Å². The number of ether oxygens (including phenoxy) is 1. The highest BCUT2D eigenvalue weighted by Crippen LogP contribution is 2.14. The third-order valence-electron chi connectivity index (χ3n) is 3.16. The van der Waals surface area contributed by atoms with Gasteiger partial charge in [-0.15, -0.1) is 0 Å². The highest BCUT2D eigenvalue weighted by atomic mass is 16.5. The largest absolute Gasteiger partial charge is 0.384 e. The van der Waals surface area contributed by atoms with Crippen LogP contribution in [-0.2, 0) is 4.74 Å². The highest BCUT2D eigenvalue weighted by Gasteiger charge is 2.12. The van der Waals surface area contributed by atoms with Crippen molar-refractivity contribution in [3.8, 4) is 0 Å². The number of nitrogens with one attached hydrogen (secondary N) is 1. The van der Waals surface area contributed by atoms with E-state index < -0.39 is 0 Å². The van der Waals surface area contributed by atoms with E-state index in [1.807, 2.05) is 0 Å². The molecule has 0 aromatic heterocycles. The average molecular weight is 243 g/mol. The maximum absolute atomic E-state index is 5.22. The standard InChI is InChI=1S/C15H33NO/c1-6-10-16-15(9-7-8-13(2)3)11-14(4)12-17-5/h13-16H,6-12H2,1-5H3. The summed E-state index contributed by atoms with van der Waals surface area (Å²) in [4.78, 5) is 0. The molecular weight excluding hydrogens is 210 g/mol. The van der Waals surface area contributed by atoms with Crippen LogP contribution in [0.4, 0.5) is 0 Å². The fourth-order valence-corrected chi connectivity index (χ4v) is 2.26. The van der Waals surface area contributed by atoms with Crippen molar-refractivity contribution in [2.45, 2.75) is 65.8 Å². The van der Waals surface area contributed by atoms with Crippen molar-refractivity contribution < 1.29 is 4.74 Å². The van der Waals surface area contributed by atoms with Gasteiger partial charge in [0.25, 0.3) is 0 Å². The Labute approximate surface area is 109 Å². The predicted molar refractivity (Wildman–Crippen MR) is 76.4 cm³/mol. The maximum Gasteiger partial charge on any atom is 0.0488 e. The number of methoxy groups -OCH3 is 1. The minimum atomic E-state index is 0.661. The molecule has 0 aromatic rings. The summed E-state index contributed by atoms with van der Waals surface area (Å²) in [5.41, 5.74) is 0. The molecule has 0 aliphatic rings. The van der Waals surface area contributed by atoms with Gasteiger partial charge in [-0.3, -0.25) is 0 Å². The van der Waals surface area contributed by atoms with Crippen molar-refractivity contribution in [3.63, 3.8) is 0 Å². The molecule has 0 saturated heterocycles. The second kappa shape index (κ2) is 11.0. The number of hydrogen-bond donors (Lipinski definition) is 1. The van der Waals surface area contributed by atoms with Crippen LogP contribution in [0.5, 0.6) is 0 Å². The lowest BCUT2D eigenvalue weighted by molar-refractivity contribution is 0.148. The zero-order valence-corrected chi connectivity index (χ0v) is 12.6. The Bertz CT molecular complexity index is 159. The summed E-state index contributed by atoms with van der Waals surface area (Å²) in [5, 5.41) is 3.68.